The molecule has 0 heterocycles. The zero-order valence-electron chi connectivity index (χ0n) is 16.1. The van der Waals surface area contributed by atoms with E-state index in [1.54, 1.807) is 32.0 Å². The first-order chi connectivity index (χ1) is 13.2. The molecule has 0 spiro atoms. The van der Waals surface area contributed by atoms with E-state index in [4.69, 9.17) is 11.6 Å². The predicted octanol–water partition coefficient (Wildman–Crippen LogP) is 4.77. The molecule has 2 aromatic rings. The monoisotopic (exact) mass is 448 g/mol. The highest BCUT2D eigenvalue weighted by molar-refractivity contribution is 7.92. The molecule has 2 aromatic carbocycles. The molecule has 0 aromatic heterocycles. The highest BCUT2D eigenvalue weighted by Gasteiger charge is 2.33. The van der Waals surface area contributed by atoms with Crippen molar-refractivity contribution in [3.8, 4) is 0 Å². The quantitative estimate of drug-likeness (QED) is 0.716. The Labute approximate surface area is 172 Å². The number of aryl methyl sites for hydroxylation is 2. The maximum Gasteiger partial charge on any atom is 0.416 e. The number of hydrogen-bond donors (Lipinski definition) is 1. The number of benzene rings is 2. The van der Waals surface area contributed by atoms with E-state index in [1.165, 1.54) is 6.92 Å². The van der Waals surface area contributed by atoms with E-state index in [0.29, 0.717) is 17.3 Å². The van der Waals surface area contributed by atoms with Crippen molar-refractivity contribution in [2.45, 2.75) is 33.0 Å². The lowest BCUT2D eigenvalue weighted by Gasteiger charge is -2.30. The Bertz CT molecular complexity index is 1040. The third-order valence-electron chi connectivity index (χ3n) is 4.24. The molecule has 1 amide bonds. The van der Waals surface area contributed by atoms with Gasteiger partial charge in [-0.15, -0.1) is 0 Å². The molecule has 0 fully saturated rings. The summed E-state index contributed by atoms with van der Waals surface area (Å²) in [6, 6.07) is 6.41. The minimum Gasteiger partial charge on any atom is -0.323 e. The van der Waals surface area contributed by atoms with E-state index in [9.17, 15) is 26.4 Å². The van der Waals surface area contributed by atoms with Gasteiger partial charge in [0.05, 0.1) is 28.2 Å². The molecule has 0 aliphatic carbocycles. The Balaban J connectivity index is 2.42. The Morgan fingerprint density at radius 1 is 1.14 bits per heavy atom. The minimum absolute atomic E-state index is 0.101. The summed E-state index contributed by atoms with van der Waals surface area (Å²) in [5, 5.41) is 2.20. The fourth-order valence-electron chi connectivity index (χ4n) is 2.77. The SMILES string of the molecule is Cc1ccc(C)c(N([C@H](C)C(=O)Nc2cc(C(F)(F)F)ccc2Cl)S(C)(=O)=O)c1. The molecule has 0 saturated carbocycles. The number of sulfonamides is 1. The van der Waals surface area contributed by atoms with Crippen LogP contribution in [0, 0.1) is 13.8 Å². The number of alkyl halides is 3. The second kappa shape index (κ2) is 8.23. The van der Waals surface area contributed by atoms with Gasteiger partial charge in [-0.25, -0.2) is 8.42 Å². The van der Waals surface area contributed by atoms with Crippen LogP contribution in [0.3, 0.4) is 0 Å². The van der Waals surface area contributed by atoms with E-state index >= 15 is 0 Å². The average molecular weight is 449 g/mol. The van der Waals surface area contributed by atoms with E-state index in [1.807, 2.05) is 0 Å². The molecule has 0 unspecified atom stereocenters. The second-order valence-corrected chi connectivity index (χ2v) is 8.97. The number of rotatable bonds is 5. The van der Waals surface area contributed by atoms with Crippen LogP contribution in [0.1, 0.15) is 23.6 Å². The summed E-state index contributed by atoms with van der Waals surface area (Å²) in [6.45, 7) is 4.82. The number of carbonyl (C=O) groups excluding carboxylic acids is 1. The van der Waals surface area contributed by atoms with Crippen LogP contribution in [0.5, 0.6) is 0 Å². The van der Waals surface area contributed by atoms with Crippen molar-refractivity contribution >= 4 is 38.9 Å². The maximum absolute atomic E-state index is 12.9. The van der Waals surface area contributed by atoms with Crippen LogP contribution in [-0.4, -0.2) is 26.6 Å². The Kier molecular flexibility index (Phi) is 6.54. The topological polar surface area (TPSA) is 66.5 Å². The summed E-state index contributed by atoms with van der Waals surface area (Å²) in [7, 11) is -3.88. The van der Waals surface area contributed by atoms with Gasteiger partial charge >= 0.3 is 6.18 Å². The molecule has 2 rings (SSSR count). The molecule has 1 N–H and O–H groups in total. The lowest BCUT2D eigenvalue weighted by atomic mass is 10.1. The molecule has 0 radical (unpaired) electrons. The Morgan fingerprint density at radius 2 is 1.76 bits per heavy atom. The standard InChI is InChI=1S/C19H20ClF3N2O3S/c1-11-5-6-12(2)17(9-11)25(29(4,27)28)13(3)18(26)24-16-10-14(19(21,22)23)7-8-15(16)20/h5-10,13H,1-4H3,(H,24,26)/t13-/m1/s1. The number of hydrogen-bond acceptors (Lipinski definition) is 3. The van der Waals surface area contributed by atoms with Crippen LogP contribution in [-0.2, 0) is 21.0 Å². The molecule has 0 aliphatic heterocycles. The molecule has 0 saturated heterocycles. The van der Waals surface area contributed by atoms with Crippen molar-refractivity contribution < 1.29 is 26.4 Å². The molecule has 5 nitrogen and oxygen atoms in total. The van der Waals surface area contributed by atoms with Crippen LogP contribution in [0.15, 0.2) is 36.4 Å². The van der Waals surface area contributed by atoms with Gasteiger partial charge in [0.2, 0.25) is 15.9 Å². The van der Waals surface area contributed by atoms with Crippen LogP contribution >= 0.6 is 11.6 Å². The van der Waals surface area contributed by atoms with Crippen molar-refractivity contribution in [3.63, 3.8) is 0 Å². The van der Waals surface area contributed by atoms with Gasteiger partial charge in [0.15, 0.2) is 0 Å². The average Bonchev–Trinajstić information content (AvgIpc) is 2.57. The van der Waals surface area contributed by atoms with E-state index in [2.05, 4.69) is 5.32 Å². The lowest BCUT2D eigenvalue weighted by Crippen LogP contribution is -2.45. The number of nitrogens with one attached hydrogen (secondary N) is 1. The molecular formula is C19H20ClF3N2O3S. The molecule has 0 bridgehead atoms. The Hall–Kier alpha value is -2.26. The molecular weight excluding hydrogens is 429 g/mol. The smallest absolute Gasteiger partial charge is 0.323 e. The predicted molar refractivity (Wildman–Crippen MR) is 108 cm³/mol. The first-order valence-electron chi connectivity index (χ1n) is 8.46. The van der Waals surface area contributed by atoms with E-state index in [-0.39, 0.29) is 10.7 Å². The van der Waals surface area contributed by atoms with E-state index in [0.717, 1.165) is 28.3 Å². The maximum atomic E-state index is 12.9. The lowest BCUT2D eigenvalue weighted by molar-refractivity contribution is -0.137. The van der Waals surface area contributed by atoms with Gasteiger partial charge < -0.3 is 5.32 Å². The summed E-state index contributed by atoms with van der Waals surface area (Å²) in [5.74, 6) is -0.822. The first kappa shape index (κ1) is 23.0. The zero-order chi connectivity index (χ0) is 22.1. The summed E-state index contributed by atoms with van der Waals surface area (Å²) in [6.07, 6.45) is -3.66. The molecule has 29 heavy (non-hydrogen) atoms. The van der Waals surface area contributed by atoms with Crippen molar-refractivity contribution in [2.75, 3.05) is 15.9 Å². The Morgan fingerprint density at radius 3 is 2.31 bits per heavy atom. The fourth-order valence-corrected chi connectivity index (χ4v) is 4.16. The summed E-state index contributed by atoms with van der Waals surface area (Å²) in [5.41, 5.74) is 0.475. The summed E-state index contributed by atoms with van der Waals surface area (Å²) in [4.78, 5) is 12.7. The van der Waals surface area contributed by atoms with Crippen LogP contribution in [0.4, 0.5) is 24.5 Å². The first-order valence-corrected chi connectivity index (χ1v) is 10.7. The van der Waals surface area contributed by atoms with Gasteiger partial charge in [0, 0.05) is 0 Å². The van der Waals surface area contributed by atoms with Gasteiger partial charge in [-0.3, -0.25) is 9.10 Å². The van der Waals surface area contributed by atoms with Gasteiger partial charge in [-0.1, -0.05) is 23.7 Å². The normalized spacial score (nSPS) is 13.1. The molecule has 0 aliphatic rings. The number of anilines is 2. The largest absolute Gasteiger partial charge is 0.416 e. The van der Waals surface area contributed by atoms with Crippen LogP contribution in [0.2, 0.25) is 5.02 Å². The zero-order valence-corrected chi connectivity index (χ0v) is 17.7. The van der Waals surface area contributed by atoms with Crippen molar-refractivity contribution in [3.05, 3.63) is 58.1 Å². The van der Waals surface area contributed by atoms with Crippen LogP contribution < -0.4 is 9.62 Å². The van der Waals surface area contributed by atoms with Crippen molar-refractivity contribution in [1.29, 1.82) is 0 Å². The van der Waals surface area contributed by atoms with Crippen molar-refractivity contribution in [1.82, 2.24) is 0 Å². The van der Waals surface area contributed by atoms with E-state index < -0.39 is 33.7 Å². The third-order valence-corrected chi connectivity index (χ3v) is 5.80. The summed E-state index contributed by atoms with van der Waals surface area (Å²) < 4.78 is 64.6. The van der Waals surface area contributed by atoms with Crippen molar-refractivity contribution in [2.24, 2.45) is 0 Å². The minimum atomic E-state index is -4.62. The highest BCUT2D eigenvalue weighted by Crippen LogP contribution is 2.34. The van der Waals surface area contributed by atoms with Gasteiger partial charge in [-0.2, -0.15) is 13.2 Å². The van der Waals surface area contributed by atoms with Gasteiger partial charge in [0.1, 0.15) is 6.04 Å². The highest BCUT2D eigenvalue weighted by atomic mass is 35.5. The number of carbonyl (C=O) groups is 1. The van der Waals surface area contributed by atoms with Gasteiger partial charge in [-0.05, 0) is 56.2 Å². The summed E-state index contributed by atoms with van der Waals surface area (Å²) >= 11 is 5.91. The number of halogens is 4. The molecule has 10 heteroatoms. The second-order valence-electron chi connectivity index (χ2n) is 6.71. The van der Waals surface area contributed by atoms with Gasteiger partial charge in [0.25, 0.3) is 0 Å². The number of amides is 1. The number of nitrogens with zero attached hydrogens (tertiary/aromatic N) is 1. The fraction of sp³-hybridized carbons (Fsp3) is 0.316. The third kappa shape index (κ3) is 5.42. The molecule has 158 valence electrons. The molecule has 1 atom stereocenters. The van der Waals surface area contributed by atoms with Crippen LogP contribution in [0.25, 0.3) is 0 Å².